The zero-order valence-electron chi connectivity index (χ0n) is 18.7. The molecule has 5 rings (SSSR count). The molecule has 5 aromatic rings. The minimum absolute atomic E-state index is 0.118. The van der Waals surface area contributed by atoms with Crippen molar-refractivity contribution in [2.45, 2.75) is 26.2 Å². The standard InChI is InChI=1S/C30H27PS/c1-30(2,3)26-14-18-27(19-15-26)31(32,28-16-12-22-8-4-6-10-24(22)20-28)29-17-13-23-9-5-7-11-25(23)21-29/h4-21H,1-3H3. The molecule has 0 saturated heterocycles. The van der Waals surface area contributed by atoms with Gasteiger partial charge in [0.2, 0.25) is 0 Å². The fourth-order valence-corrected chi connectivity index (χ4v) is 8.08. The third kappa shape index (κ3) is 3.71. The molecule has 32 heavy (non-hydrogen) atoms. The molecule has 0 radical (unpaired) electrons. The lowest BCUT2D eigenvalue weighted by atomic mass is 9.87. The van der Waals surface area contributed by atoms with E-state index in [9.17, 15) is 0 Å². The molecule has 2 heteroatoms. The molecular weight excluding hydrogens is 423 g/mol. The maximum absolute atomic E-state index is 6.68. The second-order valence-electron chi connectivity index (χ2n) is 9.47. The van der Waals surface area contributed by atoms with Crippen LogP contribution in [0.15, 0.2) is 109 Å². The topological polar surface area (TPSA) is 0 Å². The van der Waals surface area contributed by atoms with Crippen molar-refractivity contribution in [3.8, 4) is 0 Å². The van der Waals surface area contributed by atoms with Gasteiger partial charge in [-0.15, -0.1) is 0 Å². The Morgan fingerprint density at radius 1 is 0.500 bits per heavy atom. The van der Waals surface area contributed by atoms with Crippen LogP contribution in [0.3, 0.4) is 0 Å². The van der Waals surface area contributed by atoms with E-state index in [0.717, 1.165) is 0 Å². The van der Waals surface area contributed by atoms with Gasteiger partial charge in [0.1, 0.15) is 0 Å². The Balaban J connectivity index is 1.76. The molecule has 0 aliphatic heterocycles. The Labute approximate surface area is 195 Å². The molecule has 0 aromatic heterocycles. The average molecular weight is 451 g/mol. The summed E-state index contributed by atoms with van der Waals surface area (Å²) in [6.45, 7) is 6.76. The van der Waals surface area contributed by atoms with Crippen LogP contribution in [0.25, 0.3) is 21.5 Å². The van der Waals surface area contributed by atoms with Gasteiger partial charge in [0.05, 0.1) is 0 Å². The van der Waals surface area contributed by atoms with E-state index in [4.69, 9.17) is 11.8 Å². The van der Waals surface area contributed by atoms with Gasteiger partial charge in [-0.25, -0.2) is 0 Å². The first-order valence-corrected chi connectivity index (χ1v) is 13.9. The molecule has 0 aliphatic rings. The smallest absolute Gasteiger partial charge is 0.0379 e. The first kappa shape index (κ1) is 21.1. The zero-order valence-corrected chi connectivity index (χ0v) is 20.5. The van der Waals surface area contributed by atoms with Crippen molar-refractivity contribution >= 4 is 55.3 Å². The molecule has 0 atom stereocenters. The predicted molar refractivity (Wildman–Crippen MR) is 146 cm³/mol. The normalized spacial score (nSPS) is 12.3. The number of hydrogen-bond donors (Lipinski definition) is 0. The molecule has 5 aromatic carbocycles. The first-order chi connectivity index (χ1) is 15.4. The molecule has 0 heterocycles. The molecule has 0 bridgehead atoms. The largest absolute Gasteiger partial charge is 0.0826 e. The van der Waals surface area contributed by atoms with Crippen LogP contribution in [-0.4, -0.2) is 0 Å². The van der Waals surface area contributed by atoms with Crippen LogP contribution in [0.1, 0.15) is 26.3 Å². The van der Waals surface area contributed by atoms with E-state index in [1.54, 1.807) is 0 Å². The van der Waals surface area contributed by atoms with Crippen LogP contribution in [-0.2, 0) is 17.2 Å². The SMILES string of the molecule is CC(C)(C)c1ccc(P(=S)(c2ccc3ccccc3c2)c2ccc3ccccc3c2)cc1. The van der Waals surface area contributed by atoms with Crippen LogP contribution in [0, 0.1) is 0 Å². The Hall–Kier alpha value is -2.73. The van der Waals surface area contributed by atoms with Crippen molar-refractivity contribution in [1.82, 2.24) is 0 Å². The van der Waals surface area contributed by atoms with E-state index in [2.05, 4.69) is 130 Å². The number of hydrogen-bond acceptors (Lipinski definition) is 1. The molecule has 0 nitrogen and oxygen atoms in total. The van der Waals surface area contributed by atoms with Gasteiger partial charge in [-0.3, -0.25) is 0 Å². The van der Waals surface area contributed by atoms with Crippen LogP contribution in [0.2, 0.25) is 0 Å². The summed E-state index contributed by atoms with van der Waals surface area (Å²) in [5.74, 6) is 0. The molecule has 0 spiro atoms. The summed E-state index contributed by atoms with van der Waals surface area (Å²) in [6, 6.07) is 37.5. The van der Waals surface area contributed by atoms with Crippen molar-refractivity contribution in [1.29, 1.82) is 0 Å². The summed E-state index contributed by atoms with van der Waals surface area (Å²) in [4.78, 5) is 0. The Bertz CT molecular complexity index is 1390. The summed E-state index contributed by atoms with van der Waals surface area (Å²) in [5, 5.41) is 8.71. The molecule has 0 N–H and O–H groups in total. The van der Waals surface area contributed by atoms with E-state index >= 15 is 0 Å². The van der Waals surface area contributed by atoms with Crippen molar-refractivity contribution in [2.75, 3.05) is 0 Å². The Kier molecular flexibility index (Phi) is 5.28. The highest BCUT2D eigenvalue weighted by atomic mass is 32.4. The number of benzene rings is 5. The lowest BCUT2D eigenvalue weighted by molar-refractivity contribution is 0.590. The summed E-state index contributed by atoms with van der Waals surface area (Å²) >= 11 is 6.68. The van der Waals surface area contributed by atoms with Crippen molar-refractivity contribution in [3.05, 3.63) is 115 Å². The summed E-state index contributed by atoms with van der Waals surface area (Å²) in [5.41, 5.74) is 1.45. The van der Waals surface area contributed by atoms with Gasteiger partial charge in [0.15, 0.2) is 0 Å². The minimum Gasteiger partial charge on any atom is -0.0826 e. The maximum atomic E-state index is 6.68. The third-order valence-corrected chi connectivity index (χ3v) is 11.2. The highest BCUT2D eigenvalue weighted by molar-refractivity contribution is 8.25. The molecule has 0 fully saturated rings. The maximum Gasteiger partial charge on any atom is 0.0379 e. The van der Waals surface area contributed by atoms with Crippen LogP contribution < -0.4 is 15.9 Å². The molecule has 0 saturated carbocycles. The average Bonchev–Trinajstić information content (AvgIpc) is 2.82. The Morgan fingerprint density at radius 3 is 1.34 bits per heavy atom. The van der Waals surface area contributed by atoms with Crippen LogP contribution in [0.4, 0.5) is 0 Å². The Morgan fingerprint density at radius 2 is 0.906 bits per heavy atom. The van der Waals surface area contributed by atoms with Gasteiger partial charge in [0, 0.05) is 6.04 Å². The molecule has 0 aliphatic carbocycles. The zero-order chi connectivity index (χ0) is 22.3. The molecule has 0 amide bonds. The fourth-order valence-electron chi connectivity index (χ4n) is 4.36. The van der Waals surface area contributed by atoms with Crippen LogP contribution >= 0.6 is 6.04 Å². The summed E-state index contributed by atoms with van der Waals surface area (Å²) in [6.07, 6.45) is 0. The number of fused-ring (bicyclic) bond motifs is 2. The van der Waals surface area contributed by atoms with Crippen molar-refractivity contribution in [2.24, 2.45) is 0 Å². The highest BCUT2D eigenvalue weighted by Gasteiger charge is 2.26. The van der Waals surface area contributed by atoms with Gasteiger partial charge in [-0.1, -0.05) is 130 Å². The lowest BCUT2D eigenvalue weighted by Gasteiger charge is -2.26. The number of rotatable bonds is 3. The summed E-state index contributed by atoms with van der Waals surface area (Å²) in [7, 11) is 0. The third-order valence-electron chi connectivity index (χ3n) is 6.29. The van der Waals surface area contributed by atoms with Crippen molar-refractivity contribution < 1.29 is 0 Å². The lowest BCUT2D eigenvalue weighted by Crippen LogP contribution is -2.25. The second-order valence-corrected chi connectivity index (χ2v) is 13.9. The summed E-state index contributed by atoms with van der Waals surface area (Å²) < 4.78 is 0. The monoisotopic (exact) mass is 450 g/mol. The van der Waals surface area contributed by atoms with Gasteiger partial charge >= 0.3 is 0 Å². The second kappa shape index (κ2) is 8.00. The van der Waals surface area contributed by atoms with E-state index in [1.807, 2.05) is 0 Å². The highest BCUT2D eigenvalue weighted by Crippen LogP contribution is 2.44. The van der Waals surface area contributed by atoms with Gasteiger partial charge in [0.25, 0.3) is 0 Å². The van der Waals surface area contributed by atoms with Gasteiger partial charge in [-0.2, -0.15) is 0 Å². The van der Waals surface area contributed by atoms with E-state index < -0.39 is 6.04 Å². The van der Waals surface area contributed by atoms with E-state index in [0.29, 0.717) is 0 Å². The van der Waals surface area contributed by atoms with E-state index in [-0.39, 0.29) is 5.41 Å². The quantitative estimate of drug-likeness (QED) is 0.266. The van der Waals surface area contributed by atoms with Gasteiger partial charge < -0.3 is 0 Å². The minimum atomic E-state index is -2.22. The fraction of sp³-hybridized carbons (Fsp3) is 0.133. The molecule has 0 unspecified atom stereocenters. The van der Waals surface area contributed by atoms with Crippen molar-refractivity contribution in [3.63, 3.8) is 0 Å². The van der Waals surface area contributed by atoms with Gasteiger partial charge in [-0.05, 0) is 60.6 Å². The molecular formula is C30H27PS. The first-order valence-electron chi connectivity index (χ1n) is 11.1. The molecule has 158 valence electrons. The van der Waals surface area contributed by atoms with Crippen LogP contribution in [0.5, 0.6) is 0 Å². The predicted octanol–water partition coefficient (Wildman–Crippen LogP) is 7.05. The van der Waals surface area contributed by atoms with E-state index in [1.165, 1.54) is 43.0 Å².